The average Bonchev–Trinajstić information content (AvgIpc) is 3.05. The second-order valence-corrected chi connectivity index (χ2v) is 6.70. The van der Waals surface area contributed by atoms with Crippen LogP contribution in [0.15, 0.2) is 54.6 Å². The highest BCUT2D eigenvalue weighted by Crippen LogP contribution is 2.21. The Balaban J connectivity index is 1.59. The molecule has 1 heterocycles. The van der Waals surface area contributed by atoms with E-state index in [1.165, 1.54) is 18.2 Å². The number of para-hydroxylation sites is 2. The number of imidazole rings is 1. The second kappa shape index (κ2) is 8.47. The van der Waals surface area contributed by atoms with Crippen LogP contribution in [-0.4, -0.2) is 26.9 Å². The van der Waals surface area contributed by atoms with E-state index in [1.54, 1.807) is 18.2 Å². The molecular formula is C21H22N4O3. The number of nitro benzene ring substituents is 1. The Labute approximate surface area is 162 Å². The van der Waals surface area contributed by atoms with Crippen molar-refractivity contribution in [3.63, 3.8) is 0 Å². The summed E-state index contributed by atoms with van der Waals surface area (Å²) in [6.07, 6.45) is 3.68. The van der Waals surface area contributed by atoms with E-state index in [9.17, 15) is 14.9 Å². The normalized spacial score (nSPS) is 11.4. The molecule has 0 bridgehead atoms. The van der Waals surface area contributed by atoms with E-state index >= 15 is 0 Å². The van der Waals surface area contributed by atoms with Gasteiger partial charge in [-0.25, -0.2) is 4.98 Å². The first-order valence-electron chi connectivity index (χ1n) is 9.12. The number of nitrogens with one attached hydrogen (secondary N) is 1. The van der Waals surface area contributed by atoms with E-state index in [1.807, 2.05) is 18.2 Å². The Morgan fingerprint density at radius 3 is 2.61 bits per heavy atom. The zero-order valence-corrected chi connectivity index (χ0v) is 15.8. The second-order valence-electron chi connectivity index (χ2n) is 6.70. The number of carbonyl (C=O) groups excluding carboxylic acids is 1. The van der Waals surface area contributed by atoms with Gasteiger partial charge in [-0.3, -0.25) is 14.9 Å². The number of amides is 1. The standard InChI is InChI=1S/C21H22N4O3/c1-15(2)24-19-6-4-3-5-18(19)23-20(24)13-14-22-21(26)12-9-16-7-10-17(11-8-16)25(27)28/h3-12,15H,13-14H2,1-2H3,(H,22,26)/b12-9+. The summed E-state index contributed by atoms with van der Waals surface area (Å²) in [6.45, 7) is 4.70. The van der Waals surface area contributed by atoms with E-state index in [4.69, 9.17) is 0 Å². The van der Waals surface area contributed by atoms with E-state index in [2.05, 4.69) is 34.8 Å². The fraction of sp³-hybridized carbons (Fsp3) is 0.238. The molecule has 0 radical (unpaired) electrons. The summed E-state index contributed by atoms with van der Waals surface area (Å²) in [6, 6.07) is 14.3. The van der Waals surface area contributed by atoms with Gasteiger partial charge in [-0.1, -0.05) is 12.1 Å². The number of non-ortho nitro benzene ring substituents is 1. The molecule has 2 aromatic carbocycles. The highest BCUT2D eigenvalue weighted by atomic mass is 16.6. The van der Waals surface area contributed by atoms with Crippen molar-refractivity contribution in [3.05, 3.63) is 76.1 Å². The molecule has 0 aliphatic rings. The van der Waals surface area contributed by atoms with Crippen molar-refractivity contribution >= 4 is 28.7 Å². The molecule has 0 fully saturated rings. The molecule has 0 aliphatic carbocycles. The van der Waals surface area contributed by atoms with Gasteiger partial charge in [0.1, 0.15) is 5.82 Å². The van der Waals surface area contributed by atoms with Crippen molar-refractivity contribution in [2.45, 2.75) is 26.3 Å². The first-order valence-corrected chi connectivity index (χ1v) is 9.12. The molecule has 7 heteroatoms. The van der Waals surface area contributed by atoms with Crippen LogP contribution in [0.4, 0.5) is 5.69 Å². The molecule has 0 atom stereocenters. The van der Waals surface area contributed by atoms with Crippen LogP contribution < -0.4 is 5.32 Å². The molecule has 0 saturated heterocycles. The third-order valence-corrected chi connectivity index (χ3v) is 4.36. The number of benzene rings is 2. The summed E-state index contributed by atoms with van der Waals surface area (Å²) >= 11 is 0. The summed E-state index contributed by atoms with van der Waals surface area (Å²) in [5.74, 6) is 0.724. The van der Waals surface area contributed by atoms with Gasteiger partial charge in [-0.05, 0) is 49.8 Å². The first-order chi connectivity index (χ1) is 13.5. The van der Waals surface area contributed by atoms with Crippen LogP contribution in [0.2, 0.25) is 0 Å². The van der Waals surface area contributed by atoms with Gasteiger partial charge < -0.3 is 9.88 Å². The van der Waals surface area contributed by atoms with Crippen LogP contribution in [0, 0.1) is 10.1 Å². The van der Waals surface area contributed by atoms with Gasteiger partial charge in [0.15, 0.2) is 0 Å². The Hall–Kier alpha value is -3.48. The zero-order chi connectivity index (χ0) is 20.1. The van der Waals surface area contributed by atoms with Crippen molar-refractivity contribution < 1.29 is 9.72 Å². The molecule has 3 rings (SSSR count). The molecule has 0 spiro atoms. The minimum atomic E-state index is -0.454. The lowest BCUT2D eigenvalue weighted by molar-refractivity contribution is -0.384. The molecule has 1 aromatic heterocycles. The molecular weight excluding hydrogens is 356 g/mol. The Morgan fingerprint density at radius 1 is 1.21 bits per heavy atom. The fourth-order valence-electron chi connectivity index (χ4n) is 3.08. The van der Waals surface area contributed by atoms with E-state index in [0.29, 0.717) is 13.0 Å². The van der Waals surface area contributed by atoms with Gasteiger partial charge in [0.2, 0.25) is 5.91 Å². The third-order valence-electron chi connectivity index (χ3n) is 4.36. The Kier molecular flexibility index (Phi) is 5.84. The Morgan fingerprint density at radius 2 is 1.93 bits per heavy atom. The number of fused-ring (bicyclic) bond motifs is 1. The highest BCUT2D eigenvalue weighted by Gasteiger charge is 2.12. The highest BCUT2D eigenvalue weighted by molar-refractivity contribution is 5.91. The minimum absolute atomic E-state index is 0.0228. The van der Waals surface area contributed by atoms with Gasteiger partial charge in [0.25, 0.3) is 5.69 Å². The molecule has 3 aromatic rings. The smallest absolute Gasteiger partial charge is 0.269 e. The zero-order valence-electron chi connectivity index (χ0n) is 15.8. The van der Waals surface area contributed by atoms with Crippen molar-refractivity contribution in [3.8, 4) is 0 Å². The molecule has 0 aliphatic heterocycles. The number of nitro groups is 1. The van der Waals surface area contributed by atoms with Gasteiger partial charge in [0.05, 0.1) is 16.0 Å². The lowest BCUT2D eigenvalue weighted by Gasteiger charge is -2.13. The Bertz CT molecular complexity index is 1020. The maximum Gasteiger partial charge on any atom is 0.269 e. The predicted octanol–water partition coefficient (Wildman–Crippen LogP) is 3.90. The van der Waals surface area contributed by atoms with Gasteiger partial charge in [-0.15, -0.1) is 0 Å². The van der Waals surface area contributed by atoms with E-state index in [-0.39, 0.29) is 17.6 Å². The maximum atomic E-state index is 12.0. The van der Waals surface area contributed by atoms with Crippen LogP contribution in [0.3, 0.4) is 0 Å². The van der Waals surface area contributed by atoms with Crippen molar-refractivity contribution in [1.82, 2.24) is 14.9 Å². The van der Waals surface area contributed by atoms with Crippen molar-refractivity contribution in [2.75, 3.05) is 6.54 Å². The predicted molar refractivity (Wildman–Crippen MR) is 109 cm³/mol. The summed E-state index contributed by atoms with van der Waals surface area (Å²) in [5, 5.41) is 13.5. The summed E-state index contributed by atoms with van der Waals surface area (Å²) < 4.78 is 2.19. The number of hydrogen-bond donors (Lipinski definition) is 1. The SMILES string of the molecule is CC(C)n1c(CCNC(=O)/C=C/c2ccc([N+](=O)[O-])cc2)nc2ccccc21. The number of rotatable bonds is 7. The summed E-state index contributed by atoms with van der Waals surface area (Å²) in [5.41, 5.74) is 2.80. The fourth-order valence-corrected chi connectivity index (χ4v) is 3.08. The van der Waals surface area contributed by atoms with Crippen LogP contribution in [0.5, 0.6) is 0 Å². The van der Waals surface area contributed by atoms with Crippen LogP contribution >= 0.6 is 0 Å². The summed E-state index contributed by atoms with van der Waals surface area (Å²) in [7, 11) is 0. The van der Waals surface area contributed by atoms with Crippen molar-refractivity contribution in [2.24, 2.45) is 0 Å². The molecule has 0 saturated carbocycles. The molecule has 1 amide bonds. The van der Waals surface area contributed by atoms with Crippen LogP contribution in [-0.2, 0) is 11.2 Å². The maximum absolute atomic E-state index is 12.0. The summed E-state index contributed by atoms with van der Waals surface area (Å²) in [4.78, 5) is 26.9. The lowest BCUT2D eigenvalue weighted by Crippen LogP contribution is -2.24. The van der Waals surface area contributed by atoms with Crippen LogP contribution in [0.1, 0.15) is 31.3 Å². The molecule has 0 unspecified atom stereocenters. The third kappa shape index (κ3) is 4.43. The van der Waals surface area contributed by atoms with E-state index in [0.717, 1.165) is 22.4 Å². The average molecular weight is 378 g/mol. The molecule has 28 heavy (non-hydrogen) atoms. The van der Waals surface area contributed by atoms with E-state index < -0.39 is 4.92 Å². The largest absolute Gasteiger partial charge is 0.352 e. The van der Waals surface area contributed by atoms with Gasteiger partial charge in [0, 0.05) is 37.2 Å². The van der Waals surface area contributed by atoms with Gasteiger partial charge in [-0.2, -0.15) is 0 Å². The van der Waals surface area contributed by atoms with Crippen molar-refractivity contribution in [1.29, 1.82) is 0 Å². The van der Waals surface area contributed by atoms with Gasteiger partial charge >= 0.3 is 0 Å². The molecule has 7 nitrogen and oxygen atoms in total. The topological polar surface area (TPSA) is 90.1 Å². The number of aromatic nitrogens is 2. The number of carbonyl (C=O) groups is 1. The number of nitrogens with zero attached hydrogens (tertiary/aromatic N) is 3. The lowest BCUT2D eigenvalue weighted by atomic mass is 10.2. The monoisotopic (exact) mass is 378 g/mol. The first kappa shape index (κ1) is 19.3. The number of hydrogen-bond acceptors (Lipinski definition) is 4. The van der Waals surface area contributed by atoms with Crippen LogP contribution in [0.25, 0.3) is 17.1 Å². The molecule has 1 N–H and O–H groups in total. The quantitative estimate of drug-likeness (QED) is 0.384. The molecule has 144 valence electrons. The minimum Gasteiger partial charge on any atom is -0.352 e.